The van der Waals surface area contributed by atoms with E-state index in [4.69, 9.17) is 4.52 Å². The lowest BCUT2D eigenvalue weighted by Crippen LogP contribution is -2.27. The molecule has 0 radical (unpaired) electrons. The molecule has 116 valence electrons. The molecule has 3 aromatic heterocycles. The van der Waals surface area contributed by atoms with Crippen LogP contribution in [0.3, 0.4) is 0 Å². The van der Waals surface area contributed by atoms with Crippen molar-refractivity contribution in [1.29, 1.82) is 0 Å². The van der Waals surface area contributed by atoms with Crippen molar-refractivity contribution in [2.45, 2.75) is 13.0 Å². The van der Waals surface area contributed by atoms with Gasteiger partial charge in [0.25, 0.3) is 0 Å². The van der Waals surface area contributed by atoms with Crippen LogP contribution in [-0.4, -0.2) is 33.0 Å². The van der Waals surface area contributed by atoms with Gasteiger partial charge in [-0.2, -0.15) is 0 Å². The smallest absolute Gasteiger partial charge is 0.227 e. The molecular formula is C17H16N4O2. The number of hydrogen-bond donors (Lipinski definition) is 0. The van der Waals surface area contributed by atoms with E-state index in [1.807, 2.05) is 30.3 Å². The van der Waals surface area contributed by atoms with E-state index in [9.17, 15) is 4.79 Å². The Kier molecular flexibility index (Phi) is 4.42. The van der Waals surface area contributed by atoms with E-state index < -0.39 is 0 Å². The van der Waals surface area contributed by atoms with Crippen LogP contribution in [0.2, 0.25) is 0 Å². The second-order valence-electron chi connectivity index (χ2n) is 5.21. The van der Waals surface area contributed by atoms with Gasteiger partial charge in [0, 0.05) is 43.5 Å². The van der Waals surface area contributed by atoms with Gasteiger partial charge in [0.05, 0.1) is 13.0 Å². The normalized spacial score (nSPS) is 10.5. The lowest BCUT2D eigenvalue weighted by atomic mass is 10.2. The molecule has 0 unspecified atom stereocenters. The van der Waals surface area contributed by atoms with Crippen molar-refractivity contribution in [1.82, 2.24) is 20.0 Å². The lowest BCUT2D eigenvalue weighted by molar-refractivity contribution is -0.129. The Hall–Kier alpha value is -3.02. The van der Waals surface area contributed by atoms with Crippen LogP contribution in [0.15, 0.2) is 59.6 Å². The van der Waals surface area contributed by atoms with Crippen LogP contribution in [0.25, 0.3) is 11.3 Å². The summed E-state index contributed by atoms with van der Waals surface area (Å²) in [5, 5.41) is 4.02. The van der Waals surface area contributed by atoms with E-state index in [0.29, 0.717) is 24.4 Å². The molecule has 0 saturated carbocycles. The number of carbonyl (C=O) groups excluding carboxylic acids is 1. The predicted octanol–water partition coefficient (Wildman–Crippen LogP) is 2.33. The second-order valence-corrected chi connectivity index (χ2v) is 5.21. The summed E-state index contributed by atoms with van der Waals surface area (Å²) in [6.45, 7) is 0.367. The fourth-order valence-electron chi connectivity index (χ4n) is 2.17. The van der Waals surface area contributed by atoms with Crippen molar-refractivity contribution in [3.05, 3.63) is 66.4 Å². The number of rotatable bonds is 5. The fourth-order valence-corrected chi connectivity index (χ4v) is 2.17. The SMILES string of the molecule is CN(Cc1cc(-c2cccnc2)no1)C(=O)Cc1cccnc1. The molecule has 0 spiro atoms. The van der Waals surface area contributed by atoms with E-state index in [1.54, 1.807) is 36.7 Å². The highest BCUT2D eigenvalue weighted by Gasteiger charge is 2.14. The average Bonchev–Trinajstić information content (AvgIpc) is 3.05. The monoisotopic (exact) mass is 308 g/mol. The topological polar surface area (TPSA) is 72.1 Å². The van der Waals surface area contributed by atoms with Gasteiger partial charge in [0.1, 0.15) is 5.69 Å². The number of nitrogens with zero attached hydrogens (tertiary/aromatic N) is 4. The number of amides is 1. The summed E-state index contributed by atoms with van der Waals surface area (Å²) in [6.07, 6.45) is 7.12. The molecule has 0 atom stereocenters. The first-order chi connectivity index (χ1) is 11.2. The number of carbonyl (C=O) groups is 1. The maximum atomic E-state index is 12.2. The Morgan fingerprint density at radius 2 is 1.96 bits per heavy atom. The maximum Gasteiger partial charge on any atom is 0.227 e. The van der Waals surface area contributed by atoms with Crippen LogP contribution in [0.1, 0.15) is 11.3 Å². The zero-order valence-electron chi connectivity index (χ0n) is 12.7. The highest BCUT2D eigenvalue weighted by Crippen LogP contribution is 2.18. The van der Waals surface area contributed by atoms with Crippen LogP contribution in [0, 0.1) is 0 Å². The predicted molar refractivity (Wildman–Crippen MR) is 84.1 cm³/mol. The second kappa shape index (κ2) is 6.83. The lowest BCUT2D eigenvalue weighted by Gasteiger charge is -2.15. The minimum atomic E-state index is -0.00247. The van der Waals surface area contributed by atoms with Crippen molar-refractivity contribution in [3.8, 4) is 11.3 Å². The third-order valence-electron chi connectivity index (χ3n) is 3.41. The van der Waals surface area contributed by atoms with E-state index in [-0.39, 0.29) is 5.91 Å². The first-order valence-electron chi connectivity index (χ1n) is 7.21. The van der Waals surface area contributed by atoms with Crippen molar-refractivity contribution in [2.24, 2.45) is 0 Å². The summed E-state index contributed by atoms with van der Waals surface area (Å²) in [7, 11) is 1.74. The van der Waals surface area contributed by atoms with Gasteiger partial charge in [-0.25, -0.2) is 0 Å². The van der Waals surface area contributed by atoms with Gasteiger partial charge < -0.3 is 9.42 Å². The van der Waals surface area contributed by atoms with Crippen molar-refractivity contribution in [3.63, 3.8) is 0 Å². The molecule has 3 heterocycles. The molecule has 6 heteroatoms. The Morgan fingerprint density at radius 1 is 1.17 bits per heavy atom. The van der Waals surface area contributed by atoms with Gasteiger partial charge in [-0.05, 0) is 23.8 Å². The number of likely N-dealkylation sites (N-methyl/N-ethyl adjacent to an activating group) is 1. The van der Waals surface area contributed by atoms with Gasteiger partial charge in [0.2, 0.25) is 5.91 Å². The summed E-state index contributed by atoms with van der Waals surface area (Å²) in [6, 6.07) is 9.27. The van der Waals surface area contributed by atoms with Crippen LogP contribution in [0.5, 0.6) is 0 Å². The molecule has 23 heavy (non-hydrogen) atoms. The summed E-state index contributed by atoms with van der Waals surface area (Å²) < 4.78 is 5.31. The van der Waals surface area contributed by atoms with Gasteiger partial charge in [-0.1, -0.05) is 11.2 Å². The minimum absolute atomic E-state index is 0.00247. The first-order valence-corrected chi connectivity index (χ1v) is 7.21. The van der Waals surface area contributed by atoms with Crippen LogP contribution in [0.4, 0.5) is 0 Å². The van der Waals surface area contributed by atoms with Crippen molar-refractivity contribution < 1.29 is 9.32 Å². The molecule has 0 aliphatic carbocycles. The molecule has 0 aliphatic heterocycles. The molecular weight excluding hydrogens is 292 g/mol. The van der Waals surface area contributed by atoms with Crippen molar-refractivity contribution >= 4 is 5.91 Å². The van der Waals surface area contributed by atoms with Crippen LogP contribution in [-0.2, 0) is 17.8 Å². The summed E-state index contributed by atoms with van der Waals surface area (Å²) in [4.78, 5) is 21.9. The fraction of sp³-hybridized carbons (Fsp3) is 0.176. The van der Waals surface area contributed by atoms with Gasteiger partial charge >= 0.3 is 0 Å². The van der Waals surface area contributed by atoms with E-state index in [1.165, 1.54) is 0 Å². The van der Waals surface area contributed by atoms with Crippen molar-refractivity contribution in [2.75, 3.05) is 7.05 Å². The summed E-state index contributed by atoms with van der Waals surface area (Å²) in [5.74, 6) is 0.628. The van der Waals surface area contributed by atoms with Crippen LogP contribution < -0.4 is 0 Å². The molecule has 0 aromatic carbocycles. The Morgan fingerprint density at radius 3 is 2.65 bits per heavy atom. The minimum Gasteiger partial charge on any atom is -0.359 e. The molecule has 0 aliphatic rings. The van der Waals surface area contributed by atoms with Gasteiger partial charge in [-0.15, -0.1) is 0 Å². The molecule has 0 fully saturated rings. The van der Waals surface area contributed by atoms with Crippen LogP contribution >= 0.6 is 0 Å². The molecule has 6 nitrogen and oxygen atoms in total. The quantitative estimate of drug-likeness (QED) is 0.723. The maximum absolute atomic E-state index is 12.2. The van der Waals surface area contributed by atoms with Gasteiger partial charge in [0.15, 0.2) is 5.76 Å². The number of hydrogen-bond acceptors (Lipinski definition) is 5. The highest BCUT2D eigenvalue weighted by atomic mass is 16.5. The first kappa shape index (κ1) is 14.9. The summed E-state index contributed by atoms with van der Waals surface area (Å²) in [5.41, 5.74) is 2.48. The molecule has 3 aromatic rings. The molecule has 1 amide bonds. The summed E-state index contributed by atoms with van der Waals surface area (Å²) >= 11 is 0. The third-order valence-corrected chi connectivity index (χ3v) is 3.41. The number of pyridine rings is 2. The molecule has 3 rings (SSSR count). The largest absolute Gasteiger partial charge is 0.359 e. The molecule has 0 N–H and O–H groups in total. The van der Waals surface area contributed by atoms with Gasteiger partial charge in [-0.3, -0.25) is 14.8 Å². The average molecular weight is 308 g/mol. The standard InChI is InChI=1S/C17H16N4O2/c1-21(17(22)8-13-4-2-6-18-10-13)12-15-9-16(20-23-15)14-5-3-7-19-11-14/h2-7,9-11H,8,12H2,1H3. The van der Waals surface area contributed by atoms with E-state index in [0.717, 1.165) is 11.1 Å². The Bertz CT molecular complexity index is 772. The third kappa shape index (κ3) is 3.79. The molecule has 0 bridgehead atoms. The zero-order valence-corrected chi connectivity index (χ0v) is 12.7. The van der Waals surface area contributed by atoms with E-state index in [2.05, 4.69) is 15.1 Å². The zero-order chi connectivity index (χ0) is 16.1. The Labute approximate surface area is 133 Å². The number of aromatic nitrogens is 3. The van der Waals surface area contributed by atoms with E-state index >= 15 is 0 Å². The molecule has 0 saturated heterocycles. The highest BCUT2D eigenvalue weighted by molar-refractivity contribution is 5.78. The Balaban J connectivity index is 1.63.